The number of carbonyl (C=O) groups excluding carboxylic acids is 1. The van der Waals surface area contributed by atoms with Crippen LogP contribution < -0.4 is 10.6 Å². The molecule has 1 aromatic carbocycles. The Morgan fingerprint density at radius 3 is 2.60 bits per heavy atom. The highest BCUT2D eigenvalue weighted by Crippen LogP contribution is 2.18. The van der Waals surface area contributed by atoms with Crippen LogP contribution in [-0.4, -0.2) is 14.3 Å². The summed E-state index contributed by atoms with van der Waals surface area (Å²) in [6.07, 6.45) is 0. The Morgan fingerprint density at radius 2 is 2.00 bits per heavy atom. The number of nitrogens with one attached hydrogen (secondary N) is 1. The first-order valence-electron chi connectivity index (χ1n) is 5.54. The number of benzene rings is 1. The Balaban J connectivity index is 1.91. The van der Waals surface area contributed by atoms with Crippen LogP contribution >= 0.6 is 11.3 Å². The number of carbonyl (C=O) groups is 1. The molecule has 0 unspecified atom stereocenters. The van der Waals surface area contributed by atoms with Crippen molar-refractivity contribution in [2.45, 2.75) is 10.8 Å². The first-order chi connectivity index (χ1) is 9.47. The minimum absolute atomic E-state index is 0.0642. The van der Waals surface area contributed by atoms with Crippen LogP contribution in [0.4, 0.5) is 0 Å². The van der Waals surface area contributed by atoms with Gasteiger partial charge in [-0.05, 0) is 11.6 Å². The topological polar surface area (TPSA) is 98.5 Å². The van der Waals surface area contributed by atoms with Crippen molar-refractivity contribution in [3.05, 3.63) is 52.9 Å². The molecule has 0 fully saturated rings. The van der Waals surface area contributed by atoms with Gasteiger partial charge in [-0.3, -0.25) is 9.63 Å². The quantitative estimate of drug-likeness (QED) is 0.812. The number of amides is 1. The molecule has 2 aromatic rings. The molecule has 0 bridgehead atoms. The Morgan fingerprint density at radius 1 is 1.30 bits per heavy atom. The number of hydroxylamine groups is 1. The molecule has 0 aliphatic carbocycles. The lowest BCUT2D eigenvalue weighted by molar-refractivity contribution is 0.0234. The van der Waals surface area contributed by atoms with Crippen molar-refractivity contribution in [2.24, 2.45) is 5.14 Å². The van der Waals surface area contributed by atoms with Gasteiger partial charge in [0.15, 0.2) is 0 Å². The van der Waals surface area contributed by atoms with Gasteiger partial charge in [-0.2, -0.15) is 0 Å². The predicted molar refractivity (Wildman–Crippen MR) is 74.4 cm³/mol. The number of primary sulfonamides is 1. The lowest BCUT2D eigenvalue weighted by Crippen LogP contribution is -2.23. The maximum Gasteiger partial charge on any atom is 0.275 e. The minimum atomic E-state index is -3.78. The Hall–Kier alpha value is -1.74. The first kappa shape index (κ1) is 14.7. The molecule has 0 radical (unpaired) electrons. The van der Waals surface area contributed by atoms with Gasteiger partial charge in [0, 0.05) is 5.38 Å². The van der Waals surface area contributed by atoms with Crippen LogP contribution in [0.15, 0.2) is 46.0 Å². The molecule has 6 nitrogen and oxygen atoms in total. The summed E-state index contributed by atoms with van der Waals surface area (Å²) >= 11 is 0.885. The smallest absolute Gasteiger partial charge is 0.269 e. The zero-order valence-electron chi connectivity index (χ0n) is 10.3. The molecule has 1 heterocycles. The van der Waals surface area contributed by atoms with Crippen LogP contribution in [0.1, 0.15) is 15.9 Å². The Kier molecular flexibility index (Phi) is 4.50. The van der Waals surface area contributed by atoms with Crippen molar-refractivity contribution in [2.75, 3.05) is 0 Å². The molecule has 1 amide bonds. The number of hydrogen-bond donors (Lipinski definition) is 2. The third kappa shape index (κ3) is 3.87. The minimum Gasteiger partial charge on any atom is -0.269 e. The second-order valence-electron chi connectivity index (χ2n) is 3.90. The molecule has 0 aliphatic heterocycles. The zero-order chi connectivity index (χ0) is 14.6. The van der Waals surface area contributed by atoms with E-state index in [2.05, 4.69) is 5.48 Å². The molecule has 20 heavy (non-hydrogen) atoms. The van der Waals surface area contributed by atoms with E-state index in [1.54, 1.807) is 0 Å². The van der Waals surface area contributed by atoms with E-state index in [4.69, 9.17) is 9.98 Å². The lowest BCUT2D eigenvalue weighted by atomic mass is 10.2. The molecule has 0 spiro atoms. The van der Waals surface area contributed by atoms with Gasteiger partial charge in [-0.15, -0.1) is 11.3 Å². The molecule has 1 aromatic heterocycles. The van der Waals surface area contributed by atoms with E-state index >= 15 is 0 Å². The molecule has 0 saturated carbocycles. The van der Waals surface area contributed by atoms with Crippen LogP contribution in [0.3, 0.4) is 0 Å². The van der Waals surface area contributed by atoms with E-state index in [-0.39, 0.29) is 16.4 Å². The average Bonchev–Trinajstić information content (AvgIpc) is 2.89. The van der Waals surface area contributed by atoms with Crippen molar-refractivity contribution < 1.29 is 18.0 Å². The fourth-order valence-corrected chi connectivity index (χ4v) is 2.99. The highest BCUT2D eigenvalue weighted by atomic mass is 32.2. The van der Waals surface area contributed by atoms with Crippen LogP contribution in [0.25, 0.3) is 0 Å². The normalized spacial score (nSPS) is 11.2. The van der Waals surface area contributed by atoms with Gasteiger partial charge in [0.05, 0.1) is 12.2 Å². The maximum atomic E-state index is 11.7. The molecular weight excluding hydrogens is 300 g/mol. The van der Waals surface area contributed by atoms with Crippen LogP contribution in [-0.2, 0) is 21.5 Å². The number of rotatable bonds is 5. The zero-order valence-corrected chi connectivity index (χ0v) is 11.9. The predicted octanol–water partition coefficient (Wildman–Crippen LogP) is 1.26. The molecule has 0 saturated heterocycles. The van der Waals surface area contributed by atoms with E-state index in [0.29, 0.717) is 0 Å². The standard InChI is InChI=1S/C12H12N2O4S2/c13-20(16,17)11-6-10(8-19-11)12(15)14-18-7-9-4-2-1-3-5-9/h1-6,8H,7H2,(H,14,15)(H2,13,16,17). The molecule has 0 aliphatic rings. The largest absolute Gasteiger partial charge is 0.275 e. The van der Waals surface area contributed by atoms with Gasteiger partial charge in [-0.1, -0.05) is 30.3 Å². The maximum absolute atomic E-state index is 11.7. The van der Waals surface area contributed by atoms with E-state index < -0.39 is 15.9 Å². The summed E-state index contributed by atoms with van der Waals surface area (Å²) in [7, 11) is -3.78. The van der Waals surface area contributed by atoms with Crippen molar-refractivity contribution in [3.8, 4) is 0 Å². The summed E-state index contributed by atoms with van der Waals surface area (Å²) in [5.74, 6) is -0.521. The van der Waals surface area contributed by atoms with Crippen LogP contribution in [0, 0.1) is 0 Å². The van der Waals surface area contributed by atoms with Gasteiger partial charge < -0.3 is 0 Å². The second kappa shape index (κ2) is 6.14. The summed E-state index contributed by atoms with van der Waals surface area (Å²) < 4.78 is 22.1. The van der Waals surface area contributed by atoms with Gasteiger partial charge in [0.1, 0.15) is 4.21 Å². The van der Waals surface area contributed by atoms with Gasteiger partial charge in [0.2, 0.25) is 10.0 Å². The SMILES string of the molecule is NS(=O)(=O)c1cc(C(=O)NOCc2ccccc2)cs1. The van der Waals surface area contributed by atoms with E-state index in [1.165, 1.54) is 11.4 Å². The van der Waals surface area contributed by atoms with Crippen molar-refractivity contribution in [1.82, 2.24) is 5.48 Å². The summed E-state index contributed by atoms with van der Waals surface area (Å²) in [5, 5.41) is 6.37. The molecule has 2 rings (SSSR count). The van der Waals surface area contributed by atoms with Gasteiger partial charge >= 0.3 is 0 Å². The Labute approximate surface area is 120 Å². The number of nitrogens with two attached hydrogens (primary N) is 1. The monoisotopic (exact) mass is 312 g/mol. The second-order valence-corrected chi connectivity index (χ2v) is 6.60. The Bertz CT molecular complexity index is 695. The molecule has 106 valence electrons. The van der Waals surface area contributed by atoms with E-state index in [9.17, 15) is 13.2 Å². The average molecular weight is 312 g/mol. The fourth-order valence-electron chi connectivity index (χ4n) is 1.40. The van der Waals surface area contributed by atoms with Crippen LogP contribution in [0.2, 0.25) is 0 Å². The summed E-state index contributed by atoms with van der Waals surface area (Å²) in [4.78, 5) is 16.8. The van der Waals surface area contributed by atoms with Crippen molar-refractivity contribution >= 4 is 27.3 Å². The summed E-state index contributed by atoms with van der Waals surface area (Å²) in [5.41, 5.74) is 3.34. The third-order valence-electron chi connectivity index (χ3n) is 2.36. The van der Waals surface area contributed by atoms with Crippen LogP contribution in [0.5, 0.6) is 0 Å². The highest BCUT2D eigenvalue weighted by molar-refractivity contribution is 7.91. The van der Waals surface area contributed by atoms with E-state index in [0.717, 1.165) is 16.9 Å². The van der Waals surface area contributed by atoms with Gasteiger partial charge in [0.25, 0.3) is 5.91 Å². The van der Waals surface area contributed by atoms with Gasteiger partial charge in [-0.25, -0.2) is 19.0 Å². The number of hydrogen-bond acceptors (Lipinski definition) is 5. The molecule has 0 atom stereocenters. The summed E-state index contributed by atoms with van der Waals surface area (Å²) in [6, 6.07) is 10.5. The highest BCUT2D eigenvalue weighted by Gasteiger charge is 2.15. The number of thiophene rings is 1. The number of sulfonamides is 1. The molecule has 8 heteroatoms. The summed E-state index contributed by atoms with van der Waals surface area (Å²) in [6.45, 7) is 0.221. The van der Waals surface area contributed by atoms with Crippen molar-refractivity contribution in [3.63, 3.8) is 0 Å². The van der Waals surface area contributed by atoms with Crippen molar-refractivity contribution in [1.29, 1.82) is 0 Å². The molecule has 3 N–H and O–H groups in total. The first-order valence-corrected chi connectivity index (χ1v) is 7.97. The molecular formula is C12H12N2O4S2. The van der Waals surface area contributed by atoms with E-state index in [1.807, 2.05) is 30.3 Å². The third-order valence-corrected chi connectivity index (χ3v) is 4.75. The lowest BCUT2D eigenvalue weighted by Gasteiger charge is -2.04. The fraction of sp³-hybridized carbons (Fsp3) is 0.0833.